The number of nitrogens with one attached hydrogen (secondary N) is 1. The summed E-state index contributed by atoms with van der Waals surface area (Å²) in [7, 11) is 0. The van der Waals surface area contributed by atoms with Crippen LogP contribution in [0.25, 0.3) is 0 Å². The van der Waals surface area contributed by atoms with E-state index in [4.69, 9.17) is 32.4 Å². The number of hydrogen-bond acceptors (Lipinski definition) is 3. The van der Waals surface area contributed by atoms with Gasteiger partial charge in [-0.1, -0.05) is 23.2 Å². The van der Waals surface area contributed by atoms with Gasteiger partial charge in [-0.05, 0) is 34.1 Å². The molecule has 0 saturated heterocycles. The Morgan fingerprint density at radius 3 is 2.84 bits per heavy atom. The summed E-state index contributed by atoms with van der Waals surface area (Å²) in [6, 6.07) is 7.19. The van der Waals surface area contributed by atoms with Gasteiger partial charge in [0.1, 0.15) is 18.1 Å². The van der Waals surface area contributed by atoms with Gasteiger partial charge in [0.15, 0.2) is 0 Å². The molecular formula is C13H12BrCl2NO2. The normalized spacial score (nSPS) is 10.7. The number of halogens is 3. The van der Waals surface area contributed by atoms with Crippen LogP contribution in [0.4, 0.5) is 0 Å². The van der Waals surface area contributed by atoms with Gasteiger partial charge in [0, 0.05) is 17.1 Å². The quantitative estimate of drug-likeness (QED) is 0.604. The summed E-state index contributed by atoms with van der Waals surface area (Å²) in [5, 5.41) is 4.30. The lowest BCUT2D eigenvalue weighted by Gasteiger charge is -2.09. The van der Waals surface area contributed by atoms with E-state index >= 15 is 0 Å². The average Bonchev–Trinajstić information content (AvgIpc) is 2.88. The highest BCUT2D eigenvalue weighted by Gasteiger charge is 2.06. The van der Waals surface area contributed by atoms with Crippen LogP contribution in [-0.2, 0) is 6.54 Å². The molecule has 0 aliphatic carbocycles. The van der Waals surface area contributed by atoms with Gasteiger partial charge in [-0.15, -0.1) is 0 Å². The lowest BCUT2D eigenvalue weighted by atomic mass is 10.3. The second-order valence-electron chi connectivity index (χ2n) is 3.80. The Balaban J connectivity index is 1.75. The van der Waals surface area contributed by atoms with Crippen molar-refractivity contribution in [2.45, 2.75) is 6.54 Å². The van der Waals surface area contributed by atoms with Crippen molar-refractivity contribution in [3.63, 3.8) is 0 Å². The minimum Gasteiger partial charge on any atom is -0.491 e. The zero-order chi connectivity index (χ0) is 13.7. The Kier molecular flexibility index (Phi) is 5.58. The predicted molar refractivity (Wildman–Crippen MR) is 80.1 cm³/mol. The minimum atomic E-state index is 0.498. The van der Waals surface area contributed by atoms with Gasteiger partial charge in [-0.3, -0.25) is 0 Å². The summed E-state index contributed by atoms with van der Waals surface area (Å²) in [4.78, 5) is 0. The summed E-state index contributed by atoms with van der Waals surface area (Å²) >= 11 is 15.3. The maximum Gasteiger partial charge on any atom is 0.139 e. The molecule has 1 aromatic heterocycles. The molecule has 0 fully saturated rings. The van der Waals surface area contributed by atoms with Crippen LogP contribution in [0.3, 0.4) is 0 Å². The summed E-state index contributed by atoms with van der Waals surface area (Å²) in [6.07, 6.45) is 1.65. The van der Waals surface area contributed by atoms with Crippen molar-refractivity contribution in [2.24, 2.45) is 0 Å². The number of benzene rings is 1. The molecule has 0 aliphatic heterocycles. The maximum atomic E-state index is 6.05. The molecule has 0 unspecified atom stereocenters. The summed E-state index contributed by atoms with van der Waals surface area (Å²) in [5.74, 6) is 1.47. The Morgan fingerprint density at radius 1 is 1.26 bits per heavy atom. The largest absolute Gasteiger partial charge is 0.491 e. The van der Waals surface area contributed by atoms with E-state index in [1.807, 2.05) is 12.1 Å². The molecule has 1 N–H and O–H groups in total. The zero-order valence-corrected chi connectivity index (χ0v) is 13.1. The molecule has 0 spiro atoms. The number of furan rings is 1. The lowest BCUT2D eigenvalue weighted by Crippen LogP contribution is -2.20. The number of ether oxygens (including phenoxy) is 1. The highest BCUT2D eigenvalue weighted by Crippen LogP contribution is 2.33. The number of rotatable bonds is 6. The fraction of sp³-hybridized carbons (Fsp3) is 0.231. The molecule has 6 heteroatoms. The van der Waals surface area contributed by atoms with Crippen LogP contribution in [0.1, 0.15) is 5.76 Å². The van der Waals surface area contributed by atoms with Crippen LogP contribution in [-0.4, -0.2) is 13.2 Å². The van der Waals surface area contributed by atoms with Crippen molar-refractivity contribution in [1.82, 2.24) is 5.32 Å². The first-order chi connectivity index (χ1) is 9.16. The van der Waals surface area contributed by atoms with Gasteiger partial charge in [0.2, 0.25) is 0 Å². The van der Waals surface area contributed by atoms with Crippen molar-refractivity contribution in [3.05, 3.63) is 50.8 Å². The van der Waals surface area contributed by atoms with E-state index in [1.54, 1.807) is 18.4 Å². The summed E-state index contributed by atoms with van der Waals surface area (Å²) in [5.41, 5.74) is 0. The van der Waals surface area contributed by atoms with E-state index in [-0.39, 0.29) is 0 Å². The molecule has 0 radical (unpaired) electrons. The zero-order valence-electron chi connectivity index (χ0n) is 9.96. The molecule has 0 bridgehead atoms. The van der Waals surface area contributed by atoms with Crippen LogP contribution in [0.2, 0.25) is 10.0 Å². The molecule has 0 saturated carbocycles. The Morgan fingerprint density at radius 2 is 2.11 bits per heavy atom. The fourth-order valence-corrected chi connectivity index (χ4v) is 2.32. The van der Waals surface area contributed by atoms with E-state index in [9.17, 15) is 0 Å². The third-order valence-electron chi connectivity index (χ3n) is 2.39. The first-order valence-electron chi connectivity index (χ1n) is 5.67. The topological polar surface area (TPSA) is 34.4 Å². The van der Waals surface area contributed by atoms with Crippen molar-refractivity contribution in [1.29, 1.82) is 0 Å². The molecule has 1 heterocycles. The molecule has 0 amide bonds. The van der Waals surface area contributed by atoms with Crippen LogP contribution < -0.4 is 10.1 Å². The molecule has 2 aromatic rings. The van der Waals surface area contributed by atoms with E-state index in [2.05, 4.69) is 21.2 Å². The van der Waals surface area contributed by atoms with Crippen LogP contribution >= 0.6 is 39.1 Å². The van der Waals surface area contributed by atoms with E-state index in [1.165, 1.54) is 0 Å². The standard InChI is InChI=1S/C13H12BrCl2NO2/c14-10-6-12(16)13(7-11(10)15)19-5-3-17-8-9-2-1-4-18-9/h1-2,4,6-7,17H,3,5,8H2. The summed E-state index contributed by atoms with van der Waals surface area (Å²) < 4.78 is 11.5. The second kappa shape index (κ2) is 7.20. The Bertz CT molecular complexity index is 532. The lowest BCUT2D eigenvalue weighted by molar-refractivity contribution is 0.311. The Labute approximate surface area is 130 Å². The van der Waals surface area contributed by atoms with Gasteiger partial charge in [-0.25, -0.2) is 0 Å². The monoisotopic (exact) mass is 363 g/mol. The van der Waals surface area contributed by atoms with Gasteiger partial charge in [0.25, 0.3) is 0 Å². The van der Waals surface area contributed by atoms with Crippen LogP contribution in [0, 0.1) is 0 Å². The molecule has 0 aliphatic rings. The van der Waals surface area contributed by atoms with Crippen molar-refractivity contribution >= 4 is 39.1 Å². The first kappa shape index (κ1) is 14.7. The first-order valence-corrected chi connectivity index (χ1v) is 7.22. The molecule has 0 atom stereocenters. The minimum absolute atomic E-state index is 0.498. The van der Waals surface area contributed by atoms with Gasteiger partial charge in [0.05, 0.1) is 22.9 Å². The third kappa shape index (κ3) is 4.42. The molecule has 2 rings (SSSR count). The second-order valence-corrected chi connectivity index (χ2v) is 5.47. The highest BCUT2D eigenvalue weighted by molar-refractivity contribution is 9.10. The third-order valence-corrected chi connectivity index (χ3v) is 3.88. The molecule has 19 heavy (non-hydrogen) atoms. The van der Waals surface area contributed by atoms with Gasteiger partial charge < -0.3 is 14.5 Å². The highest BCUT2D eigenvalue weighted by atomic mass is 79.9. The van der Waals surface area contributed by atoms with Crippen LogP contribution in [0.5, 0.6) is 5.75 Å². The van der Waals surface area contributed by atoms with Crippen LogP contribution in [0.15, 0.2) is 39.4 Å². The van der Waals surface area contributed by atoms with Crippen molar-refractivity contribution in [2.75, 3.05) is 13.2 Å². The van der Waals surface area contributed by atoms with E-state index in [0.717, 1.165) is 10.2 Å². The van der Waals surface area contributed by atoms with E-state index < -0.39 is 0 Å². The fourth-order valence-electron chi connectivity index (χ4n) is 1.47. The summed E-state index contributed by atoms with van der Waals surface area (Å²) in [6.45, 7) is 1.86. The molecule has 1 aromatic carbocycles. The smallest absolute Gasteiger partial charge is 0.139 e. The predicted octanol–water partition coefficient (Wildman–Crippen LogP) is 4.52. The average molecular weight is 365 g/mol. The van der Waals surface area contributed by atoms with Crippen molar-refractivity contribution in [3.8, 4) is 5.75 Å². The molecule has 102 valence electrons. The molecular weight excluding hydrogens is 353 g/mol. The molecule has 3 nitrogen and oxygen atoms in total. The van der Waals surface area contributed by atoms with Gasteiger partial charge >= 0.3 is 0 Å². The number of hydrogen-bond donors (Lipinski definition) is 1. The van der Waals surface area contributed by atoms with Gasteiger partial charge in [-0.2, -0.15) is 0 Å². The van der Waals surface area contributed by atoms with Crippen molar-refractivity contribution < 1.29 is 9.15 Å². The maximum absolute atomic E-state index is 6.05. The SMILES string of the molecule is Clc1cc(OCCNCc2ccco2)c(Cl)cc1Br. The van der Waals surface area contributed by atoms with E-state index in [0.29, 0.717) is 35.5 Å². The Hall–Kier alpha value is -0.680.